The van der Waals surface area contributed by atoms with Gasteiger partial charge in [0.2, 0.25) is 0 Å². The molecule has 3 heterocycles. The third-order valence-corrected chi connectivity index (χ3v) is 10.5. The number of nitrogens with zero attached hydrogens (tertiary/aromatic N) is 1. The van der Waals surface area contributed by atoms with Gasteiger partial charge in [-0.15, -0.1) is 0 Å². The SMILES string of the molecule is C=C1/C=C\C=C(\c2ccc3c(c2)Oc2ccccc2C32c3ccccc3Oc3cc(-c4ccccc4)ccc32)N(c2ccccc2)c2ccccc21. The second kappa shape index (κ2) is 11.9. The van der Waals surface area contributed by atoms with Crippen LogP contribution in [0.2, 0.25) is 0 Å². The summed E-state index contributed by atoms with van der Waals surface area (Å²) in [4.78, 5) is 2.32. The van der Waals surface area contributed by atoms with E-state index < -0.39 is 5.41 Å². The summed E-state index contributed by atoms with van der Waals surface area (Å²) >= 11 is 0. The zero-order valence-electron chi connectivity index (χ0n) is 28.4. The Hall–Kier alpha value is -6.84. The van der Waals surface area contributed by atoms with Crippen LogP contribution in [-0.4, -0.2) is 0 Å². The Morgan fingerprint density at radius 3 is 1.69 bits per heavy atom. The lowest BCUT2D eigenvalue weighted by Gasteiger charge is -2.45. The first kappa shape index (κ1) is 30.0. The Bertz CT molecular complexity index is 2590. The Balaban J connectivity index is 1.22. The topological polar surface area (TPSA) is 21.7 Å². The zero-order chi connectivity index (χ0) is 34.6. The van der Waals surface area contributed by atoms with Gasteiger partial charge in [0.25, 0.3) is 0 Å². The second-order valence-corrected chi connectivity index (χ2v) is 13.4. The van der Waals surface area contributed by atoms with Crippen LogP contribution >= 0.6 is 0 Å². The number of para-hydroxylation sites is 4. The molecule has 52 heavy (non-hydrogen) atoms. The lowest BCUT2D eigenvalue weighted by Crippen LogP contribution is -2.36. The first-order valence-electron chi connectivity index (χ1n) is 17.6. The number of hydrogen-bond donors (Lipinski definition) is 0. The van der Waals surface area contributed by atoms with Crippen LogP contribution in [0.3, 0.4) is 0 Å². The van der Waals surface area contributed by atoms with Crippen LogP contribution in [-0.2, 0) is 5.41 Å². The molecule has 246 valence electrons. The first-order valence-corrected chi connectivity index (χ1v) is 17.6. The van der Waals surface area contributed by atoms with Crippen molar-refractivity contribution in [1.29, 1.82) is 0 Å². The Morgan fingerprint density at radius 1 is 0.462 bits per heavy atom. The minimum Gasteiger partial charge on any atom is -0.457 e. The van der Waals surface area contributed by atoms with Gasteiger partial charge >= 0.3 is 0 Å². The smallest absolute Gasteiger partial charge is 0.132 e. The fourth-order valence-corrected chi connectivity index (χ4v) is 8.21. The Labute approximate surface area is 303 Å². The summed E-state index contributed by atoms with van der Waals surface area (Å²) in [5.41, 5.74) is 12.1. The summed E-state index contributed by atoms with van der Waals surface area (Å²) in [6, 6.07) is 59.7. The maximum absolute atomic E-state index is 6.92. The second-order valence-electron chi connectivity index (χ2n) is 13.4. The van der Waals surface area contributed by atoms with E-state index in [9.17, 15) is 0 Å². The Kier molecular flexibility index (Phi) is 6.87. The van der Waals surface area contributed by atoms with E-state index in [4.69, 9.17) is 9.47 Å². The van der Waals surface area contributed by atoms with Crippen molar-refractivity contribution in [3.05, 3.63) is 228 Å². The van der Waals surface area contributed by atoms with E-state index in [1.165, 1.54) is 0 Å². The summed E-state index contributed by atoms with van der Waals surface area (Å²) in [5.74, 6) is 3.32. The lowest BCUT2D eigenvalue weighted by atomic mass is 9.62. The van der Waals surface area contributed by atoms with Crippen LogP contribution in [0.15, 0.2) is 195 Å². The maximum atomic E-state index is 6.92. The van der Waals surface area contributed by atoms with E-state index in [1.807, 2.05) is 12.1 Å². The highest BCUT2D eigenvalue weighted by atomic mass is 16.5. The standard InChI is InChI=1S/C49H33NO2/c1-33-15-14-24-43(50(37-18-6-3-7-19-37)44-23-11-8-20-38(33)44)36-28-30-42-48(32-36)52-46-26-13-10-22-40(46)49(42)39-21-9-12-25-45(39)51-47-31-35(27-29-41(47)49)34-16-4-2-5-17-34/h2-32H,1H2/b15-14-,43-24-. The molecule has 3 aliphatic rings. The van der Waals surface area contributed by atoms with Gasteiger partial charge < -0.3 is 14.4 Å². The van der Waals surface area contributed by atoms with Crippen molar-refractivity contribution in [3.8, 4) is 34.1 Å². The molecule has 0 saturated carbocycles. The number of anilines is 2. The number of allylic oxidation sites excluding steroid dienone is 4. The maximum Gasteiger partial charge on any atom is 0.132 e. The molecule has 0 radical (unpaired) electrons. The van der Waals surface area contributed by atoms with Crippen LogP contribution in [0.25, 0.3) is 22.4 Å². The van der Waals surface area contributed by atoms with Crippen LogP contribution in [0.4, 0.5) is 11.4 Å². The summed E-state index contributed by atoms with van der Waals surface area (Å²) in [6.45, 7) is 4.40. The molecule has 1 atom stereocenters. The van der Waals surface area contributed by atoms with Gasteiger partial charge in [-0.25, -0.2) is 0 Å². The van der Waals surface area contributed by atoms with E-state index >= 15 is 0 Å². The third-order valence-electron chi connectivity index (χ3n) is 10.5. The van der Waals surface area contributed by atoms with Gasteiger partial charge in [0.05, 0.1) is 16.8 Å². The molecule has 0 bridgehead atoms. The third kappa shape index (κ3) is 4.53. The molecule has 3 heteroatoms. The van der Waals surface area contributed by atoms with E-state index in [1.54, 1.807) is 0 Å². The van der Waals surface area contributed by atoms with Crippen LogP contribution < -0.4 is 14.4 Å². The number of benzene rings is 7. The molecule has 10 rings (SSSR count). The molecule has 0 amide bonds. The van der Waals surface area contributed by atoms with Crippen molar-refractivity contribution in [3.63, 3.8) is 0 Å². The molecule has 0 aromatic heterocycles. The van der Waals surface area contributed by atoms with Gasteiger partial charge in [-0.3, -0.25) is 0 Å². The number of rotatable bonds is 3. The highest BCUT2D eigenvalue weighted by Crippen LogP contribution is 2.62. The minimum atomic E-state index is -0.680. The minimum absolute atomic E-state index is 0.680. The molecule has 1 spiro atoms. The summed E-state index contributed by atoms with van der Waals surface area (Å²) < 4.78 is 13.7. The molecule has 7 aromatic carbocycles. The van der Waals surface area contributed by atoms with E-state index in [-0.39, 0.29) is 0 Å². The number of hydrogen-bond acceptors (Lipinski definition) is 3. The van der Waals surface area contributed by atoms with Crippen molar-refractivity contribution >= 4 is 22.6 Å². The normalized spacial score (nSPS) is 18.1. The van der Waals surface area contributed by atoms with E-state index in [2.05, 4.69) is 187 Å². The molecule has 0 saturated heterocycles. The van der Waals surface area contributed by atoms with Crippen molar-refractivity contribution in [2.24, 2.45) is 0 Å². The molecule has 3 aliphatic heterocycles. The van der Waals surface area contributed by atoms with Crippen LogP contribution in [0, 0.1) is 0 Å². The largest absolute Gasteiger partial charge is 0.457 e. The number of fused-ring (bicyclic) bond motifs is 9. The molecule has 0 aliphatic carbocycles. The average molecular weight is 668 g/mol. The molecule has 0 N–H and O–H groups in total. The van der Waals surface area contributed by atoms with Crippen molar-refractivity contribution < 1.29 is 9.47 Å². The molecular formula is C49H33NO2. The van der Waals surface area contributed by atoms with Gasteiger partial charge in [0, 0.05) is 39.1 Å². The predicted octanol–water partition coefficient (Wildman–Crippen LogP) is 12.7. The van der Waals surface area contributed by atoms with Crippen LogP contribution in [0.1, 0.15) is 33.4 Å². The highest BCUT2D eigenvalue weighted by Gasteiger charge is 2.50. The fraction of sp³-hybridized carbons (Fsp3) is 0.0204. The van der Waals surface area contributed by atoms with E-state index in [0.717, 1.165) is 90.2 Å². The van der Waals surface area contributed by atoms with Crippen molar-refractivity contribution in [2.45, 2.75) is 5.41 Å². The van der Waals surface area contributed by atoms with Gasteiger partial charge in [-0.2, -0.15) is 0 Å². The lowest BCUT2D eigenvalue weighted by molar-refractivity contribution is 0.399. The quantitative estimate of drug-likeness (QED) is 0.187. The monoisotopic (exact) mass is 667 g/mol. The average Bonchev–Trinajstić information content (AvgIpc) is 3.20. The predicted molar refractivity (Wildman–Crippen MR) is 212 cm³/mol. The first-order chi connectivity index (χ1) is 25.7. The molecular weight excluding hydrogens is 635 g/mol. The highest BCUT2D eigenvalue weighted by molar-refractivity contribution is 5.96. The summed E-state index contributed by atoms with van der Waals surface area (Å²) in [7, 11) is 0. The molecule has 0 fully saturated rings. The fourth-order valence-electron chi connectivity index (χ4n) is 8.21. The van der Waals surface area contributed by atoms with Crippen molar-refractivity contribution in [2.75, 3.05) is 4.90 Å². The van der Waals surface area contributed by atoms with Gasteiger partial charge in [0.15, 0.2) is 0 Å². The Morgan fingerprint density at radius 2 is 1.00 bits per heavy atom. The van der Waals surface area contributed by atoms with Gasteiger partial charge in [-0.1, -0.05) is 146 Å². The number of ether oxygens (including phenoxy) is 2. The van der Waals surface area contributed by atoms with Gasteiger partial charge in [0.1, 0.15) is 23.0 Å². The molecule has 3 nitrogen and oxygen atoms in total. The van der Waals surface area contributed by atoms with Crippen LogP contribution in [0.5, 0.6) is 23.0 Å². The molecule has 1 unspecified atom stereocenters. The molecule has 7 aromatic rings. The summed E-state index contributed by atoms with van der Waals surface area (Å²) in [6.07, 6.45) is 6.35. The van der Waals surface area contributed by atoms with Gasteiger partial charge in [-0.05, 0) is 65.2 Å². The van der Waals surface area contributed by atoms with E-state index in [0.29, 0.717) is 0 Å². The zero-order valence-corrected chi connectivity index (χ0v) is 28.4. The van der Waals surface area contributed by atoms with Crippen molar-refractivity contribution in [1.82, 2.24) is 0 Å². The summed E-state index contributed by atoms with van der Waals surface area (Å²) in [5, 5.41) is 0.